The van der Waals surface area contributed by atoms with Gasteiger partial charge in [0.25, 0.3) is 5.91 Å². The third-order valence-corrected chi connectivity index (χ3v) is 5.82. The van der Waals surface area contributed by atoms with Gasteiger partial charge in [0.1, 0.15) is 5.82 Å². The largest absolute Gasteiger partial charge is 0.417 e. The van der Waals surface area contributed by atoms with Crippen molar-refractivity contribution in [3.63, 3.8) is 0 Å². The molecule has 12 heteroatoms. The third kappa shape index (κ3) is 6.10. The van der Waals surface area contributed by atoms with Gasteiger partial charge >= 0.3 is 6.18 Å². The fraction of sp³-hybridized carbons (Fsp3) is 0.286. The Labute approximate surface area is 202 Å². The minimum absolute atomic E-state index is 0.0612. The Hall–Kier alpha value is -2.49. The van der Waals surface area contributed by atoms with Crippen molar-refractivity contribution in [1.82, 2.24) is 9.88 Å². The number of allylic oxidation sites excluding steroid dienone is 1. The molecule has 2 N–H and O–H groups in total. The maximum absolute atomic E-state index is 12.8. The van der Waals surface area contributed by atoms with E-state index in [2.05, 4.69) is 15.6 Å². The van der Waals surface area contributed by atoms with Crippen LogP contribution in [0, 0.1) is 0 Å². The topological polar surface area (TPSA) is 74.3 Å². The summed E-state index contributed by atoms with van der Waals surface area (Å²) in [5.41, 5.74) is 0.326. The second-order valence-electron chi connectivity index (χ2n) is 7.17. The molecule has 0 unspecified atom stereocenters. The second kappa shape index (κ2) is 10.2. The molecule has 176 valence electrons. The first-order valence-electron chi connectivity index (χ1n) is 9.70. The monoisotopic (exact) mass is 520 g/mol. The van der Waals surface area contributed by atoms with Crippen molar-refractivity contribution in [3.8, 4) is 0 Å². The molecule has 1 aromatic carbocycles. The number of anilines is 2. The zero-order valence-electron chi connectivity index (χ0n) is 17.2. The first-order chi connectivity index (χ1) is 15.5. The normalized spacial score (nSPS) is 14.5. The van der Waals surface area contributed by atoms with Crippen molar-refractivity contribution < 1.29 is 22.8 Å². The van der Waals surface area contributed by atoms with Gasteiger partial charge in [-0.1, -0.05) is 34.8 Å². The molecule has 0 bridgehead atoms. The number of pyridine rings is 1. The van der Waals surface area contributed by atoms with Gasteiger partial charge < -0.3 is 15.5 Å². The van der Waals surface area contributed by atoms with Crippen molar-refractivity contribution in [2.24, 2.45) is 0 Å². The molecule has 0 saturated carbocycles. The molecule has 2 aromatic rings. The van der Waals surface area contributed by atoms with Gasteiger partial charge in [-0.2, -0.15) is 13.2 Å². The lowest BCUT2D eigenvalue weighted by Crippen LogP contribution is -2.38. The summed E-state index contributed by atoms with van der Waals surface area (Å²) < 4.78 is 38.2. The Morgan fingerprint density at radius 3 is 2.52 bits per heavy atom. The molecule has 1 aliphatic heterocycles. The Bertz CT molecular complexity index is 1120. The van der Waals surface area contributed by atoms with E-state index in [1.54, 1.807) is 19.1 Å². The molecule has 33 heavy (non-hydrogen) atoms. The average molecular weight is 522 g/mol. The lowest BCUT2D eigenvalue weighted by molar-refractivity contribution is -0.137. The van der Waals surface area contributed by atoms with Gasteiger partial charge in [-0.25, -0.2) is 4.98 Å². The number of halogens is 6. The van der Waals surface area contributed by atoms with Gasteiger partial charge in [-0.05, 0) is 37.6 Å². The summed E-state index contributed by atoms with van der Waals surface area (Å²) in [5.74, 6) is -0.511. The minimum atomic E-state index is -4.55. The van der Waals surface area contributed by atoms with Crippen LogP contribution in [-0.4, -0.2) is 34.8 Å². The fourth-order valence-electron chi connectivity index (χ4n) is 3.27. The van der Waals surface area contributed by atoms with Gasteiger partial charge in [0.15, 0.2) is 0 Å². The van der Waals surface area contributed by atoms with Crippen LogP contribution in [0.2, 0.25) is 15.1 Å². The minimum Gasteiger partial charge on any atom is -0.367 e. The van der Waals surface area contributed by atoms with E-state index in [4.69, 9.17) is 34.8 Å². The second-order valence-corrected chi connectivity index (χ2v) is 8.42. The quantitative estimate of drug-likeness (QED) is 0.488. The van der Waals surface area contributed by atoms with Crippen LogP contribution in [0.4, 0.5) is 24.7 Å². The van der Waals surface area contributed by atoms with Crippen molar-refractivity contribution in [2.45, 2.75) is 25.9 Å². The van der Waals surface area contributed by atoms with Crippen molar-refractivity contribution in [2.75, 3.05) is 23.7 Å². The number of amides is 2. The highest BCUT2D eigenvalue weighted by molar-refractivity contribution is 6.36. The Morgan fingerprint density at radius 1 is 1.15 bits per heavy atom. The Kier molecular flexibility index (Phi) is 7.76. The van der Waals surface area contributed by atoms with Crippen LogP contribution < -0.4 is 10.6 Å². The molecule has 0 fully saturated rings. The van der Waals surface area contributed by atoms with Crippen molar-refractivity contribution in [3.05, 3.63) is 62.4 Å². The van der Waals surface area contributed by atoms with Crippen LogP contribution in [0.25, 0.3) is 0 Å². The van der Waals surface area contributed by atoms with E-state index in [0.717, 1.165) is 6.07 Å². The first-order valence-corrected chi connectivity index (χ1v) is 10.8. The molecular formula is C21H18Cl3F3N4O2. The van der Waals surface area contributed by atoms with E-state index < -0.39 is 17.6 Å². The number of hydrogen-bond acceptors (Lipinski definition) is 4. The molecule has 2 amide bonds. The van der Waals surface area contributed by atoms with Crippen molar-refractivity contribution in [1.29, 1.82) is 0 Å². The zero-order valence-corrected chi connectivity index (χ0v) is 19.5. The smallest absolute Gasteiger partial charge is 0.367 e. The Morgan fingerprint density at radius 2 is 1.88 bits per heavy atom. The van der Waals surface area contributed by atoms with Gasteiger partial charge in [0.2, 0.25) is 5.91 Å². The SMILES string of the molecule is CC1=C(C(=O)Nc2ccc(Cl)cc2Cl)CCC(=O)N1CCNc1ncc(C(F)(F)F)cc1Cl. The predicted octanol–water partition coefficient (Wildman–Crippen LogP) is 6.01. The number of rotatable bonds is 6. The van der Waals surface area contributed by atoms with Crippen LogP contribution in [0.15, 0.2) is 41.7 Å². The molecule has 1 aromatic heterocycles. The highest BCUT2D eigenvalue weighted by Crippen LogP contribution is 2.32. The average Bonchev–Trinajstić information content (AvgIpc) is 2.72. The molecule has 0 aliphatic carbocycles. The van der Waals surface area contributed by atoms with E-state index >= 15 is 0 Å². The number of benzene rings is 1. The molecular weight excluding hydrogens is 504 g/mol. The highest BCUT2D eigenvalue weighted by atomic mass is 35.5. The predicted molar refractivity (Wildman–Crippen MR) is 121 cm³/mol. The van der Waals surface area contributed by atoms with Crippen LogP contribution >= 0.6 is 34.8 Å². The molecule has 0 radical (unpaired) electrons. The number of alkyl halides is 3. The third-order valence-electron chi connectivity index (χ3n) is 4.98. The van der Waals surface area contributed by atoms with Gasteiger partial charge in [0.05, 0.1) is 21.3 Å². The lowest BCUT2D eigenvalue weighted by Gasteiger charge is -2.30. The number of hydrogen-bond donors (Lipinski definition) is 2. The maximum Gasteiger partial charge on any atom is 0.417 e. The number of nitrogens with one attached hydrogen (secondary N) is 2. The first kappa shape index (κ1) is 25.1. The number of aromatic nitrogens is 1. The molecule has 6 nitrogen and oxygen atoms in total. The molecule has 0 spiro atoms. The summed E-state index contributed by atoms with van der Waals surface area (Å²) >= 11 is 17.9. The Balaban J connectivity index is 1.68. The lowest BCUT2D eigenvalue weighted by atomic mass is 10.0. The molecule has 2 heterocycles. The van der Waals surface area contributed by atoms with E-state index in [1.807, 2.05) is 0 Å². The summed E-state index contributed by atoms with van der Waals surface area (Å²) in [4.78, 5) is 30.3. The van der Waals surface area contributed by atoms with Crippen LogP contribution in [-0.2, 0) is 15.8 Å². The highest BCUT2D eigenvalue weighted by Gasteiger charge is 2.32. The van der Waals surface area contributed by atoms with E-state index in [-0.39, 0.29) is 47.7 Å². The summed E-state index contributed by atoms with van der Waals surface area (Å²) in [6.45, 7) is 1.96. The summed E-state index contributed by atoms with van der Waals surface area (Å²) in [5, 5.41) is 6.06. The summed E-state index contributed by atoms with van der Waals surface area (Å²) in [7, 11) is 0. The molecule has 0 saturated heterocycles. The van der Waals surface area contributed by atoms with E-state index in [1.165, 1.54) is 11.0 Å². The molecule has 1 aliphatic rings. The van der Waals surface area contributed by atoms with E-state index in [9.17, 15) is 22.8 Å². The van der Waals surface area contributed by atoms with Crippen molar-refractivity contribution >= 4 is 58.1 Å². The van der Waals surface area contributed by atoms with Gasteiger partial charge in [0, 0.05) is 42.0 Å². The summed E-state index contributed by atoms with van der Waals surface area (Å²) in [6, 6.07) is 5.45. The molecule has 0 atom stereocenters. The van der Waals surface area contributed by atoms with Crippen LogP contribution in [0.5, 0.6) is 0 Å². The number of carbonyl (C=O) groups excluding carboxylic acids is 2. The fourth-order valence-corrected chi connectivity index (χ4v) is 3.95. The number of nitrogens with zero attached hydrogens (tertiary/aromatic N) is 2. The zero-order chi connectivity index (χ0) is 24.3. The molecule has 3 rings (SSSR count). The maximum atomic E-state index is 12.8. The summed E-state index contributed by atoms with van der Waals surface area (Å²) in [6.07, 6.45) is -3.48. The standard InChI is InChI=1S/C21H18Cl3F3N4O2/c1-11-14(20(33)30-17-4-2-13(22)9-15(17)23)3-5-18(32)31(11)7-6-28-19-16(24)8-12(10-29-19)21(25,26)27/h2,4,8-10H,3,5-7H2,1H3,(H,28,29)(H,30,33). The number of carbonyl (C=O) groups is 2. The van der Waals surface area contributed by atoms with Gasteiger partial charge in [-0.15, -0.1) is 0 Å². The van der Waals surface area contributed by atoms with E-state index in [0.29, 0.717) is 28.2 Å². The van der Waals surface area contributed by atoms with Crippen LogP contribution in [0.3, 0.4) is 0 Å². The van der Waals surface area contributed by atoms with Crippen LogP contribution in [0.1, 0.15) is 25.3 Å². The van der Waals surface area contributed by atoms with Gasteiger partial charge in [-0.3, -0.25) is 9.59 Å².